The molecule has 0 saturated heterocycles. The highest BCUT2D eigenvalue weighted by atomic mass is 31.2. The summed E-state index contributed by atoms with van der Waals surface area (Å²) in [5, 5.41) is 10.6. The number of phosphoric ester groups is 2. The first-order chi connectivity index (χ1) is 48.3. The first kappa shape index (κ1) is 98.1. The molecule has 0 aromatic rings. The van der Waals surface area contributed by atoms with E-state index in [2.05, 4.69) is 48.5 Å². The van der Waals surface area contributed by atoms with Gasteiger partial charge in [0.05, 0.1) is 26.4 Å². The van der Waals surface area contributed by atoms with E-state index in [0.717, 1.165) is 114 Å². The van der Waals surface area contributed by atoms with E-state index in [1.807, 2.05) is 0 Å². The summed E-state index contributed by atoms with van der Waals surface area (Å²) < 4.78 is 68.7. The number of rotatable bonds is 79. The molecule has 0 aromatic heterocycles. The molecule has 19 heteroatoms. The van der Waals surface area contributed by atoms with Crippen molar-refractivity contribution in [2.45, 2.75) is 439 Å². The van der Waals surface area contributed by atoms with E-state index in [0.29, 0.717) is 25.7 Å². The number of aliphatic hydroxyl groups excluding tert-OH is 1. The van der Waals surface area contributed by atoms with Gasteiger partial charge in [-0.1, -0.05) is 370 Å². The average molecular weight is 1470 g/mol. The standard InChI is InChI=1S/C81H158O17P2/c1-8-11-12-13-14-15-16-17-18-26-31-36-41-50-57-65-81(86)98-77(69-92-79(84)63-56-49-44-43-47-54-61-74(7)10-3)71-96-100(89,90)94-67-75(82)66-93-99(87,88)95-70-76(68-91-78(83)62-55-48-40-35-30-25-21-19-23-28-33-38-45-52-59-72(4)5)97-80(85)64-58-51-42-37-32-27-22-20-24-29-34-39-46-53-60-73(6)9-2/h72-77,82H,8-71H2,1-7H3,(H,87,88)(H,89,90)/t73?,74?,75-,76-,77-/m1/s1. The van der Waals surface area contributed by atoms with Crippen molar-refractivity contribution in [2.75, 3.05) is 39.6 Å². The number of carbonyl (C=O) groups excluding carboxylic acids is 4. The van der Waals surface area contributed by atoms with Crippen LogP contribution in [0.1, 0.15) is 421 Å². The Balaban J connectivity index is 5.25. The van der Waals surface area contributed by atoms with Crippen molar-refractivity contribution in [1.29, 1.82) is 0 Å². The summed E-state index contributed by atoms with van der Waals surface area (Å²) in [6.07, 6.45) is 59.5. The molecule has 0 rings (SSSR count). The van der Waals surface area contributed by atoms with Gasteiger partial charge in [-0.2, -0.15) is 0 Å². The Labute approximate surface area is 613 Å². The van der Waals surface area contributed by atoms with E-state index in [-0.39, 0.29) is 25.7 Å². The minimum absolute atomic E-state index is 0.107. The van der Waals surface area contributed by atoms with Gasteiger partial charge in [0.15, 0.2) is 12.2 Å². The van der Waals surface area contributed by atoms with Gasteiger partial charge in [0.25, 0.3) is 0 Å². The molecule has 0 aliphatic carbocycles. The Bertz CT molecular complexity index is 1940. The molecule has 0 aromatic carbocycles. The third kappa shape index (κ3) is 71.7. The lowest BCUT2D eigenvalue weighted by atomic mass is 9.99. The van der Waals surface area contributed by atoms with E-state index >= 15 is 0 Å². The Morgan fingerprint density at radius 1 is 0.290 bits per heavy atom. The molecule has 0 aliphatic rings. The predicted octanol–water partition coefficient (Wildman–Crippen LogP) is 24.1. The molecule has 0 amide bonds. The largest absolute Gasteiger partial charge is 0.472 e. The molecule has 3 N–H and O–H groups in total. The molecule has 0 radical (unpaired) electrons. The lowest BCUT2D eigenvalue weighted by molar-refractivity contribution is -0.161. The highest BCUT2D eigenvalue weighted by Gasteiger charge is 2.30. The number of hydrogen-bond donors (Lipinski definition) is 3. The van der Waals surface area contributed by atoms with Crippen molar-refractivity contribution in [2.24, 2.45) is 17.8 Å². The Kier molecular flexibility index (Phi) is 69.9. The van der Waals surface area contributed by atoms with E-state index in [9.17, 15) is 43.2 Å². The molecule has 594 valence electrons. The molecule has 0 spiro atoms. The maximum Gasteiger partial charge on any atom is 0.472 e. The summed E-state index contributed by atoms with van der Waals surface area (Å²) in [5.41, 5.74) is 0. The molecule has 0 bridgehead atoms. The van der Waals surface area contributed by atoms with Crippen molar-refractivity contribution in [3.05, 3.63) is 0 Å². The number of phosphoric acid groups is 2. The molecular formula is C81H158O17P2. The van der Waals surface area contributed by atoms with Gasteiger partial charge in [-0.3, -0.25) is 37.3 Å². The second kappa shape index (κ2) is 71.3. The Morgan fingerprint density at radius 3 is 0.760 bits per heavy atom. The van der Waals surface area contributed by atoms with Crippen LogP contribution in [-0.2, 0) is 65.4 Å². The highest BCUT2D eigenvalue weighted by molar-refractivity contribution is 7.47. The Morgan fingerprint density at radius 2 is 0.510 bits per heavy atom. The number of carbonyl (C=O) groups is 4. The molecule has 0 saturated carbocycles. The number of hydrogen-bond acceptors (Lipinski definition) is 15. The van der Waals surface area contributed by atoms with Gasteiger partial charge >= 0.3 is 39.5 Å². The fourth-order valence-electron chi connectivity index (χ4n) is 12.4. The molecule has 17 nitrogen and oxygen atoms in total. The van der Waals surface area contributed by atoms with E-state index in [4.69, 9.17) is 37.0 Å². The van der Waals surface area contributed by atoms with Gasteiger partial charge in [0, 0.05) is 25.7 Å². The normalized spacial score (nSPS) is 14.5. The third-order valence-corrected chi connectivity index (χ3v) is 21.5. The fourth-order valence-corrected chi connectivity index (χ4v) is 14.0. The van der Waals surface area contributed by atoms with Crippen LogP contribution in [0.5, 0.6) is 0 Å². The van der Waals surface area contributed by atoms with Crippen LogP contribution < -0.4 is 0 Å². The molecule has 0 aliphatic heterocycles. The Hall–Kier alpha value is -1.94. The summed E-state index contributed by atoms with van der Waals surface area (Å²) in [5.74, 6) is 0.265. The van der Waals surface area contributed by atoms with E-state index < -0.39 is 97.5 Å². The van der Waals surface area contributed by atoms with Crippen molar-refractivity contribution < 1.29 is 80.2 Å². The van der Waals surface area contributed by atoms with Crippen LogP contribution in [0.4, 0.5) is 0 Å². The predicted molar refractivity (Wildman–Crippen MR) is 409 cm³/mol. The summed E-state index contributed by atoms with van der Waals surface area (Å²) >= 11 is 0. The first-order valence-electron chi connectivity index (χ1n) is 41.9. The highest BCUT2D eigenvalue weighted by Crippen LogP contribution is 2.45. The molecule has 0 fully saturated rings. The second-order valence-electron chi connectivity index (χ2n) is 30.1. The van der Waals surface area contributed by atoms with Gasteiger partial charge in [-0.25, -0.2) is 9.13 Å². The maximum absolute atomic E-state index is 13.1. The monoisotopic (exact) mass is 1470 g/mol. The average Bonchev–Trinajstić information content (AvgIpc) is 0.951. The first-order valence-corrected chi connectivity index (χ1v) is 44.9. The summed E-state index contributed by atoms with van der Waals surface area (Å²) in [6.45, 7) is 12.0. The van der Waals surface area contributed by atoms with E-state index in [1.165, 1.54) is 225 Å². The topological polar surface area (TPSA) is 237 Å². The van der Waals surface area contributed by atoms with Crippen molar-refractivity contribution in [3.63, 3.8) is 0 Å². The lowest BCUT2D eigenvalue weighted by Crippen LogP contribution is -2.30. The van der Waals surface area contributed by atoms with Crippen LogP contribution in [0.3, 0.4) is 0 Å². The van der Waals surface area contributed by atoms with Crippen LogP contribution in [0.15, 0.2) is 0 Å². The van der Waals surface area contributed by atoms with Crippen molar-refractivity contribution in [1.82, 2.24) is 0 Å². The molecule has 7 atom stereocenters. The van der Waals surface area contributed by atoms with Gasteiger partial charge in [-0.15, -0.1) is 0 Å². The van der Waals surface area contributed by atoms with E-state index in [1.54, 1.807) is 0 Å². The van der Waals surface area contributed by atoms with Gasteiger partial charge < -0.3 is 33.8 Å². The molecular weight excluding hydrogens is 1310 g/mol. The SMILES string of the molecule is CCCCCCCCCCCCCCCCCC(=O)O[C@H](COC(=O)CCCCCCCCC(C)CC)COP(=O)(O)OC[C@H](O)COP(=O)(O)OC[C@@H](COC(=O)CCCCCCCCCCCCCCCCC(C)C)OC(=O)CCCCCCCCCCCCCCCCC(C)CC. The van der Waals surface area contributed by atoms with Gasteiger partial charge in [0.2, 0.25) is 0 Å². The van der Waals surface area contributed by atoms with Crippen molar-refractivity contribution >= 4 is 39.5 Å². The summed E-state index contributed by atoms with van der Waals surface area (Å²) in [4.78, 5) is 73.0. The zero-order chi connectivity index (χ0) is 73.7. The third-order valence-electron chi connectivity index (χ3n) is 19.6. The zero-order valence-electron chi connectivity index (χ0n) is 65.7. The maximum atomic E-state index is 13.1. The van der Waals surface area contributed by atoms with Crippen LogP contribution in [0.2, 0.25) is 0 Å². The molecule has 100 heavy (non-hydrogen) atoms. The van der Waals surface area contributed by atoms with Gasteiger partial charge in [-0.05, 0) is 43.4 Å². The number of esters is 4. The van der Waals surface area contributed by atoms with Crippen LogP contribution in [0, 0.1) is 17.8 Å². The zero-order valence-corrected chi connectivity index (χ0v) is 67.5. The fraction of sp³-hybridized carbons (Fsp3) is 0.951. The number of aliphatic hydroxyl groups is 1. The minimum atomic E-state index is -4.96. The number of unbranched alkanes of at least 4 members (excludes halogenated alkanes) is 45. The number of ether oxygens (including phenoxy) is 4. The quantitative estimate of drug-likeness (QED) is 0.0222. The minimum Gasteiger partial charge on any atom is -0.462 e. The summed E-state index contributed by atoms with van der Waals surface area (Å²) in [7, 11) is -9.92. The van der Waals surface area contributed by atoms with Crippen LogP contribution in [-0.4, -0.2) is 96.7 Å². The van der Waals surface area contributed by atoms with Crippen LogP contribution in [0.25, 0.3) is 0 Å². The molecule has 0 heterocycles. The van der Waals surface area contributed by atoms with Gasteiger partial charge in [0.1, 0.15) is 19.3 Å². The van der Waals surface area contributed by atoms with Crippen molar-refractivity contribution in [3.8, 4) is 0 Å². The summed E-state index contributed by atoms with van der Waals surface area (Å²) in [6, 6.07) is 0. The van der Waals surface area contributed by atoms with Crippen LogP contribution >= 0.6 is 15.6 Å². The second-order valence-corrected chi connectivity index (χ2v) is 33.0. The lowest BCUT2D eigenvalue weighted by Gasteiger charge is -2.21. The molecule has 4 unspecified atom stereocenters. The smallest absolute Gasteiger partial charge is 0.462 e.